The Morgan fingerprint density at radius 1 is 0.955 bits per heavy atom. The fourth-order valence-corrected chi connectivity index (χ4v) is 1.75. The van der Waals surface area contributed by atoms with Gasteiger partial charge in [0, 0.05) is 31.9 Å². The van der Waals surface area contributed by atoms with E-state index in [2.05, 4.69) is 9.47 Å². The minimum absolute atomic E-state index is 0.337. The molecule has 0 aromatic rings. The molecule has 1 rings (SSSR count). The van der Waals surface area contributed by atoms with E-state index in [0.717, 1.165) is 19.1 Å². The molecule has 0 amide bonds. The number of hydrogen-bond acceptors (Lipinski definition) is 8. The molecule has 118 valence electrons. The van der Waals surface area contributed by atoms with Crippen LogP contribution in [-0.2, 0) is 38.2 Å². The Labute approximate surface area is 125 Å². The zero-order valence-corrected chi connectivity index (χ0v) is 12.0. The van der Waals surface area contributed by atoms with Gasteiger partial charge in [0.2, 0.25) is 11.6 Å². The van der Waals surface area contributed by atoms with E-state index in [1.165, 1.54) is 6.92 Å². The van der Waals surface area contributed by atoms with Crippen LogP contribution in [0.25, 0.3) is 0 Å². The van der Waals surface area contributed by atoms with Crippen molar-refractivity contribution >= 4 is 35.1 Å². The third-order valence-corrected chi connectivity index (χ3v) is 2.75. The lowest BCUT2D eigenvalue weighted by Gasteiger charge is -2.26. The highest BCUT2D eigenvalue weighted by molar-refractivity contribution is 6.13. The Kier molecular flexibility index (Phi) is 5.44. The molecule has 0 atom stereocenters. The van der Waals surface area contributed by atoms with Crippen molar-refractivity contribution < 1.29 is 38.2 Å². The van der Waals surface area contributed by atoms with Gasteiger partial charge in [-0.15, -0.1) is 0 Å². The molecule has 1 aliphatic rings. The van der Waals surface area contributed by atoms with Gasteiger partial charge >= 0.3 is 17.7 Å². The summed E-state index contributed by atoms with van der Waals surface area (Å²) in [6.45, 7) is 2.14. The van der Waals surface area contributed by atoms with E-state index < -0.39 is 41.5 Å². The van der Waals surface area contributed by atoms with Crippen molar-refractivity contribution in [1.29, 1.82) is 0 Å². The summed E-state index contributed by atoms with van der Waals surface area (Å²) in [4.78, 5) is 68.8. The Bertz CT molecular complexity index is 564. The predicted octanol–water partition coefficient (Wildman–Crippen LogP) is -0.175. The zero-order chi connectivity index (χ0) is 16.9. The lowest BCUT2D eigenvalue weighted by atomic mass is 10.00. The fourth-order valence-electron chi connectivity index (χ4n) is 1.75. The molecule has 8 nitrogen and oxygen atoms in total. The normalized spacial score (nSPS) is 16.3. The Morgan fingerprint density at radius 2 is 1.45 bits per heavy atom. The molecule has 0 radical (unpaired) electrons. The predicted molar refractivity (Wildman–Crippen MR) is 69.3 cm³/mol. The molecule has 0 aliphatic carbocycles. The Morgan fingerprint density at radius 3 is 1.86 bits per heavy atom. The highest BCUT2D eigenvalue weighted by atomic mass is 16.7. The summed E-state index contributed by atoms with van der Waals surface area (Å²) in [7, 11) is 0. The molecule has 8 heteroatoms. The highest BCUT2D eigenvalue weighted by Gasteiger charge is 2.51. The summed E-state index contributed by atoms with van der Waals surface area (Å²) in [5, 5.41) is 0. The lowest BCUT2D eigenvalue weighted by Crippen LogP contribution is -2.52. The van der Waals surface area contributed by atoms with Crippen molar-refractivity contribution in [1.82, 2.24) is 0 Å². The maximum atomic E-state index is 12.2. The van der Waals surface area contributed by atoms with Crippen molar-refractivity contribution in [2.24, 2.45) is 0 Å². The minimum Gasteiger partial charge on any atom is -0.405 e. The van der Waals surface area contributed by atoms with Crippen LogP contribution in [-0.4, -0.2) is 40.9 Å². The van der Waals surface area contributed by atoms with E-state index >= 15 is 0 Å². The van der Waals surface area contributed by atoms with Crippen molar-refractivity contribution in [2.75, 3.05) is 0 Å². The molecule has 0 spiro atoms. The molecule has 1 heterocycles. The van der Waals surface area contributed by atoms with Gasteiger partial charge in [0.05, 0.1) is 6.42 Å². The number of carbonyl (C=O) groups is 6. The SMILES string of the molecule is CC(=O)CC(=O)CCC(=O)C1(C(C)=O)OC(=O)C=CC(=O)O1. The first-order valence-electron chi connectivity index (χ1n) is 6.37. The quantitative estimate of drug-likeness (QED) is 0.469. The maximum absolute atomic E-state index is 12.2. The van der Waals surface area contributed by atoms with Gasteiger partial charge in [0.25, 0.3) is 0 Å². The summed E-state index contributed by atoms with van der Waals surface area (Å²) in [6.07, 6.45) is 0.256. The summed E-state index contributed by atoms with van der Waals surface area (Å²) < 4.78 is 9.32. The van der Waals surface area contributed by atoms with Gasteiger partial charge in [-0.1, -0.05) is 0 Å². The van der Waals surface area contributed by atoms with E-state index in [-0.39, 0.29) is 18.6 Å². The van der Waals surface area contributed by atoms with Crippen molar-refractivity contribution in [3.63, 3.8) is 0 Å². The highest BCUT2D eigenvalue weighted by Crippen LogP contribution is 2.23. The number of esters is 2. The van der Waals surface area contributed by atoms with E-state index in [1.807, 2.05) is 0 Å². The van der Waals surface area contributed by atoms with E-state index in [0.29, 0.717) is 0 Å². The third kappa shape index (κ3) is 4.18. The number of ether oxygens (including phenoxy) is 2. The van der Waals surface area contributed by atoms with Crippen LogP contribution in [0.1, 0.15) is 33.1 Å². The van der Waals surface area contributed by atoms with Gasteiger partial charge in [-0.25, -0.2) is 9.59 Å². The van der Waals surface area contributed by atoms with Crippen molar-refractivity contribution in [3.8, 4) is 0 Å². The Hall–Kier alpha value is -2.64. The number of carbonyl (C=O) groups excluding carboxylic acids is 6. The van der Waals surface area contributed by atoms with E-state index in [9.17, 15) is 28.8 Å². The molecule has 0 N–H and O–H groups in total. The monoisotopic (exact) mass is 310 g/mol. The lowest BCUT2D eigenvalue weighted by molar-refractivity contribution is -0.216. The second-order valence-electron chi connectivity index (χ2n) is 4.69. The minimum atomic E-state index is -2.69. The van der Waals surface area contributed by atoms with Gasteiger partial charge in [-0.3, -0.25) is 19.2 Å². The zero-order valence-electron chi connectivity index (χ0n) is 12.0. The van der Waals surface area contributed by atoms with Crippen LogP contribution in [0.5, 0.6) is 0 Å². The smallest absolute Gasteiger partial charge is 0.377 e. The third-order valence-electron chi connectivity index (χ3n) is 2.75. The average molecular weight is 310 g/mol. The topological polar surface area (TPSA) is 121 Å². The molecule has 0 aromatic heterocycles. The molecule has 0 bridgehead atoms. The first-order chi connectivity index (χ1) is 10.2. The first-order valence-corrected chi connectivity index (χ1v) is 6.37. The molecule has 1 aliphatic heterocycles. The van der Waals surface area contributed by atoms with Crippen LogP contribution in [0.4, 0.5) is 0 Å². The second-order valence-corrected chi connectivity index (χ2v) is 4.69. The van der Waals surface area contributed by atoms with Gasteiger partial charge in [-0.2, -0.15) is 0 Å². The number of Topliss-reactive ketones (excluding diaryl/α,β-unsaturated/α-hetero) is 4. The largest absolute Gasteiger partial charge is 0.405 e. The number of cyclic esters (lactones) is 2. The van der Waals surface area contributed by atoms with Crippen LogP contribution in [0.3, 0.4) is 0 Å². The van der Waals surface area contributed by atoms with Gasteiger partial charge in [0.15, 0.2) is 0 Å². The molecular weight excluding hydrogens is 296 g/mol. The molecule has 22 heavy (non-hydrogen) atoms. The van der Waals surface area contributed by atoms with Gasteiger partial charge < -0.3 is 9.47 Å². The van der Waals surface area contributed by atoms with Crippen LogP contribution in [0.2, 0.25) is 0 Å². The second kappa shape index (κ2) is 6.88. The fraction of sp³-hybridized carbons (Fsp3) is 0.429. The van der Waals surface area contributed by atoms with Gasteiger partial charge in [-0.05, 0) is 6.92 Å². The number of ketones is 4. The average Bonchev–Trinajstić information content (AvgIpc) is 2.55. The summed E-state index contributed by atoms with van der Waals surface area (Å²) in [6, 6.07) is 0. The number of hydrogen-bond donors (Lipinski definition) is 0. The van der Waals surface area contributed by atoms with Crippen molar-refractivity contribution in [3.05, 3.63) is 12.2 Å². The molecule has 0 unspecified atom stereocenters. The molecule has 0 aromatic carbocycles. The number of rotatable bonds is 7. The van der Waals surface area contributed by atoms with Crippen LogP contribution >= 0.6 is 0 Å². The Balaban J connectivity index is 2.90. The first kappa shape index (κ1) is 17.4. The summed E-state index contributed by atoms with van der Waals surface area (Å²) in [5.41, 5.74) is 0. The van der Waals surface area contributed by atoms with E-state index in [1.54, 1.807) is 0 Å². The molecule has 0 saturated heterocycles. The molecular formula is C14H14O8. The van der Waals surface area contributed by atoms with E-state index in [4.69, 9.17) is 0 Å². The maximum Gasteiger partial charge on any atom is 0.377 e. The van der Waals surface area contributed by atoms with Crippen LogP contribution < -0.4 is 0 Å². The molecule has 0 fully saturated rings. The van der Waals surface area contributed by atoms with Gasteiger partial charge in [0.1, 0.15) is 11.6 Å². The molecule has 0 saturated carbocycles. The summed E-state index contributed by atoms with van der Waals surface area (Å²) in [5.74, 6) is -7.79. The standard InChI is InChI=1S/C14H14O8/c1-8(15)7-10(17)3-4-11(18)14(9(2)16)21-12(19)5-6-13(20)22-14/h5-6H,3-4,7H2,1-2H3. The van der Waals surface area contributed by atoms with Crippen molar-refractivity contribution in [2.45, 2.75) is 38.9 Å². The van der Waals surface area contributed by atoms with Crippen LogP contribution in [0, 0.1) is 0 Å². The van der Waals surface area contributed by atoms with Crippen LogP contribution in [0.15, 0.2) is 12.2 Å². The summed E-state index contributed by atoms with van der Waals surface area (Å²) >= 11 is 0.